The lowest BCUT2D eigenvalue weighted by Gasteiger charge is -2.32. The first-order chi connectivity index (χ1) is 13.9. The Morgan fingerprint density at radius 2 is 1.79 bits per heavy atom. The molecule has 3 amide bonds. The molecule has 1 saturated heterocycles. The van der Waals surface area contributed by atoms with Crippen LogP contribution in [0, 0.1) is 0 Å². The molecule has 3 rings (SSSR count). The molecule has 0 spiro atoms. The van der Waals surface area contributed by atoms with Crippen LogP contribution < -0.4 is 9.64 Å². The Balaban J connectivity index is 2.10. The van der Waals surface area contributed by atoms with Crippen molar-refractivity contribution in [3.8, 4) is 5.75 Å². The Hall–Kier alpha value is -2.54. The fourth-order valence-corrected chi connectivity index (χ4v) is 3.59. The van der Waals surface area contributed by atoms with E-state index in [4.69, 9.17) is 32.7 Å². The highest BCUT2D eigenvalue weighted by Crippen LogP contribution is 2.40. The van der Waals surface area contributed by atoms with Gasteiger partial charge >= 0.3 is 6.03 Å². The summed E-state index contributed by atoms with van der Waals surface area (Å²) >= 11 is 12.1. The molecule has 0 saturated carbocycles. The molecule has 29 heavy (non-hydrogen) atoms. The Morgan fingerprint density at radius 1 is 1.10 bits per heavy atom. The quantitative estimate of drug-likeness (QED) is 0.365. The number of anilines is 1. The SMILES string of the molecule is C=CCOCC1(c2ccc(OC)cc2)C(=O)N(c2ccc(Cl)c(Cl)c2)C(=O)N1C. The number of rotatable bonds is 7. The molecular weight excluding hydrogens is 415 g/mol. The minimum atomic E-state index is -1.35. The van der Waals surface area contributed by atoms with E-state index < -0.39 is 17.5 Å². The minimum Gasteiger partial charge on any atom is -0.497 e. The summed E-state index contributed by atoms with van der Waals surface area (Å²) in [5.74, 6) is 0.189. The number of imide groups is 1. The first-order valence-corrected chi connectivity index (χ1v) is 9.53. The van der Waals surface area contributed by atoms with E-state index in [-0.39, 0.29) is 18.2 Å². The smallest absolute Gasteiger partial charge is 0.332 e. The fraction of sp³-hybridized carbons (Fsp3) is 0.238. The van der Waals surface area contributed by atoms with Crippen LogP contribution in [0.5, 0.6) is 5.75 Å². The number of amides is 3. The number of carbonyl (C=O) groups excluding carboxylic acids is 2. The lowest BCUT2D eigenvalue weighted by molar-refractivity contribution is -0.128. The number of hydrogen-bond donors (Lipinski definition) is 0. The van der Waals surface area contributed by atoms with E-state index in [0.29, 0.717) is 22.0 Å². The second-order valence-electron chi connectivity index (χ2n) is 6.47. The molecular formula is C21H20Cl2N2O4. The Labute approximate surface area is 179 Å². The zero-order valence-corrected chi connectivity index (χ0v) is 17.5. The molecule has 152 valence electrons. The largest absolute Gasteiger partial charge is 0.497 e. The molecule has 1 aliphatic rings. The zero-order chi connectivity index (χ0) is 21.2. The van der Waals surface area contributed by atoms with Crippen molar-refractivity contribution in [2.75, 3.05) is 32.3 Å². The second-order valence-corrected chi connectivity index (χ2v) is 7.29. The summed E-state index contributed by atoms with van der Waals surface area (Å²) in [5, 5.41) is 0.580. The van der Waals surface area contributed by atoms with Crippen LogP contribution in [0.4, 0.5) is 10.5 Å². The zero-order valence-electron chi connectivity index (χ0n) is 16.0. The van der Waals surface area contributed by atoms with Gasteiger partial charge in [0.2, 0.25) is 0 Å². The van der Waals surface area contributed by atoms with E-state index in [1.165, 1.54) is 11.0 Å². The van der Waals surface area contributed by atoms with Gasteiger partial charge in [-0.3, -0.25) is 4.79 Å². The predicted molar refractivity (Wildman–Crippen MR) is 113 cm³/mol. The van der Waals surface area contributed by atoms with Crippen molar-refractivity contribution in [2.45, 2.75) is 5.54 Å². The summed E-state index contributed by atoms with van der Waals surface area (Å²) < 4.78 is 10.9. The molecule has 2 aromatic carbocycles. The molecule has 0 bridgehead atoms. The summed E-state index contributed by atoms with van der Waals surface area (Å²) in [4.78, 5) is 29.2. The van der Waals surface area contributed by atoms with Gasteiger partial charge < -0.3 is 14.4 Å². The first kappa shape index (κ1) is 21.2. The third-order valence-electron chi connectivity index (χ3n) is 4.88. The molecule has 1 aliphatic heterocycles. The van der Waals surface area contributed by atoms with Crippen LogP contribution in [-0.2, 0) is 15.1 Å². The molecule has 1 atom stereocenters. The molecule has 1 unspecified atom stereocenters. The lowest BCUT2D eigenvalue weighted by Crippen LogP contribution is -2.49. The topological polar surface area (TPSA) is 59.1 Å². The Bertz CT molecular complexity index is 948. The van der Waals surface area contributed by atoms with Crippen LogP contribution in [0.25, 0.3) is 0 Å². The van der Waals surface area contributed by atoms with Crippen LogP contribution in [0.2, 0.25) is 10.0 Å². The monoisotopic (exact) mass is 434 g/mol. The lowest BCUT2D eigenvalue weighted by atomic mass is 9.89. The van der Waals surface area contributed by atoms with Crippen molar-refractivity contribution in [3.05, 3.63) is 70.7 Å². The second kappa shape index (κ2) is 8.45. The van der Waals surface area contributed by atoms with Crippen LogP contribution in [0.15, 0.2) is 55.1 Å². The van der Waals surface area contributed by atoms with Crippen molar-refractivity contribution < 1.29 is 19.1 Å². The Kier molecular flexibility index (Phi) is 6.17. The number of hydrogen-bond acceptors (Lipinski definition) is 4. The highest BCUT2D eigenvalue weighted by atomic mass is 35.5. The van der Waals surface area contributed by atoms with Gasteiger partial charge in [-0.05, 0) is 35.9 Å². The molecule has 6 nitrogen and oxygen atoms in total. The van der Waals surface area contributed by atoms with Crippen molar-refractivity contribution in [1.82, 2.24) is 4.90 Å². The molecule has 0 aromatic heterocycles. The Morgan fingerprint density at radius 3 is 2.38 bits per heavy atom. The number of benzene rings is 2. The third kappa shape index (κ3) is 3.59. The highest BCUT2D eigenvalue weighted by Gasteiger charge is 2.57. The van der Waals surface area contributed by atoms with Crippen LogP contribution >= 0.6 is 23.2 Å². The van der Waals surface area contributed by atoms with E-state index in [1.807, 2.05) is 0 Å². The first-order valence-electron chi connectivity index (χ1n) is 8.77. The summed E-state index contributed by atoms with van der Waals surface area (Å²) in [7, 11) is 3.12. The maximum absolute atomic E-state index is 13.6. The van der Waals surface area contributed by atoms with Gasteiger partial charge in [-0.2, -0.15) is 0 Å². The van der Waals surface area contributed by atoms with E-state index in [0.717, 1.165) is 4.90 Å². The average molecular weight is 435 g/mol. The summed E-state index contributed by atoms with van der Waals surface area (Å²) in [6, 6.07) is 11.1. The molecule has 0 N–H and O–H groups in total. The van der Waals surface area contributed by atoms with Gasteiger partial charge in [0, 0.05) is 7.05 Å². The van der Waals surface area contributed by atoms with E-state index in [1.54, 1.807) is 56.6 Å². The van der Waals surface area contributed by atoms with Gasteiger partial charge in [-0.1, -0.05) is 41.4 Å². The number of ether oxygens (including phenoxy) is 2. The standard InChI is InChI=1S/C21H20Cl2N2O4/c1-4-11-29-13-21(14-5-8-16(28-3)9-6-14)19(26)25(20(27)24(21)2)15-7-10-17(22)18(23)12-15/h4-10,12H,1,11,13H2,2-3H3. The highest BCUT2D eigenvalue weighted by molar-refractivity contribution is 6.42. The number of urea groups is 1. The van der Waals surface area contributed by atoms with Crippen molar-refractivity contribution in [1.29, 1.82) is 0 Å². The van der Waals surface area contributed by atoms with Gasteiger partial charge in [0.15, 0.2) is 5.54 Å². The maximum Gasteiger partial charge on any atom is 0.332 e. The number of methoxy groups -OCH3 is 1. The van der Waals surface area contributed by atoms with Gasteiger partial charge in [-0.15, -0.1) is 6.58 Å². The van der Waals surface area contributed by atoms with Crippen molar-refractivity contribution in [3.63, 3.8) is 0 Å². The molecule has 1 fully saturated rings. The normalized spacial score (nSPS) is 19.0. The minimum absolute atomic E-state index is 0.0375. The van der Waals surface area contributed by atoms with Crippen LogP contribution in [0.3, 0.4) is 0 Å². The molecule has 0 radical (unpaired) electrons. The summed E-state index contributed by atoms with van der Waals surface area (Å²) in [6.07, 6.45) is 1.58. The fourth-order valence-electron chi connectivity index (χ4n) is 3.30. The summed E-state index contributed by atoms with van der Waals surface area (Å²) in [5.41, 5.74) is -0.413. The molecule has 2 aromatic rings. The van der Waals surface area contributed by atoms with Crippen LogP contribution in [0.1, 0.15) is 5.56 Å². The summed E-state index contributed by atoms with van der Waals surface area (Å²) in [6.45, 7) is 3.83. The third-order valence-corrected chi connectivity index (χ3v) is 5.62. The van der Waals surface area contributed by atoms with Crippen LogP contribution in [-0.4, -0.2) is 44.2 Å². The molecule has 0 aliphatic carbocycles. The molecule has 8 heteroatoms. The maximum atomic E-state index is 13.6. The van der Waals surface area contributed by atoms with Crippen molar-refractivity contribution in [2.24, 2.45) is 0 Å². The van der Waals surface area contributed by atoms with Gasteiger partial charge in [0.05, 0.1) is 36.1 Å². The van der Waals surface area contributed by atoms with Crippen molar-refractivity contribution >= 4 is 40.8 Å². The van der Waals surface area contributed by atoms with Gasteiger partial charge in [0.1, 0.15) is 5.75 Å². The average Bonchev–Trinajstić information content (AvgIpc) is 2.91. The predicted octanol–water partition coefficient (Wildman–Crippen LogP) is 4.50. The van der Waals surface area contributed by atoms with Gasteiger partial charge in [-0.25, -0.2) is 9.69 Å². The van der Waals surface area contributed by atoms with E-state index in [2.05, 4.69) is 6.58 Å². The van der Waals surface area contributed by atoms with E-state index in [9.17, 15) is 9.59 Å². The van der Waals surface area contributed by atoms with Gasteiger partial charge in [0.25, 0.3) is 5.91 Å². The van der Waals surface area contributed by atoms with E-state index >= 15 is 0 Å². The molecule has 1 heterocycles. The number of likely N-dealkylation sites (N-methyl/N-ethyl adjacent to an activating group) is 1. The number of nitrogens with zero attached hydrogens (tertiary/aromatic N) is 2. The number of carbonyl (C=O) groups is 2. The number of halogens is 2.